The number of amides is 1. The molecule has 0 fully saturated rings. The highest BCUT2D eigenvalue weighted by molar-refractivity contribution is 6.16. The molecule has 1 atom stereocenters. The molecule has 2 aromatic rings. The van der Waals surface area contributed by atoms with Crippen molar-refractivity contribution in [1.29, 1.82) is 0 Å². The zero-order chi connectivity index (χ0) is 19.9. The molecular formula is C20H18F3N3O2. The molecule has 1 aromatic carbocycles. The number of carbonyl (C=O) groups is 1. The van der Waals surface area contributed by atoms with Crippen LogP contribution in [0.3, 0.4) is 0 Å². The van der Waals surface area contributed by atoms with E-state index in [-0.39, 0.29) is 18.1 Å². The van der Waals surface area contributed by atoms with Gasteiger partial charge in [0, 0.05) is 12.7 Å². The summed E-state index contributed by atoms with van der Waals surface area (Å²) < 4.78 is 45.1. The van der Waals surface area contributed by atoms with Crippen LogP contribution in [0.2, 0.25) is 0 Å². The average molecular weight is 389 g/mol. The predicted octanol–water partition coefficient (Wildman–Crippen LogP) is 2.86. The third-order valence-corrected chi connectivity index (χ3v) is 5.28. The Labute approximate surface area is 159 Å². The van der Waals surface area contributed by atoms with E-state index in [0.29, 0.717) is 30.6 Å². The van der Waals surface area contributed by atoms with Crippen molar-refractivity contribution in [3.8, 4) is 0 Å². The predicted molar refractivity (Wildman–Crippen MR) is 96.2 cm³/mol. The van der Waals surface area contributed by atoms with Crippen molar-refractivity contribution in [2.45, 2.75) is 24.4 Å². The number of pyridine rings is 1. The first-order valence-electron chi connectivity index (χ1n) is 8.90. The molecule has 4 rings (SSSR count). The van der Waals surface area contributed by atoms with Crippen LogP contribution in [0.5, 0.6) is 0 Å². The van der Waals surface area contributed by atoms with Crippen LogP contribution in [-0.2, 0) is 27.5 Å². The van der Waals surface area contributed by atoms with Gasteiger partial charge in [-0.05, 0) is 36.1 Å². The number of benzene rings is 1. The molecule has 0 bridgehead atoms. The summed E-state index contributed by atoms with van der Waals surface area (Å²) in [7, 11) is 1.52. The van der Waals surface area contributed by atoms with Crippen molar-refractivity contribution in [2.75, 3.05) is 20.3 Å². The number of carbonyl (C=O) groups excluding carboxylic acids is 1. The van der Waals surface area contributed by atoms with Gasteiger partial charge >= 0.3 is 6.18 Å². The van der Waals surface area contributed by atoms with E-state index in [1.807, 2.05) is 12.1 Å². The Bertz CT molecular complexity index is 971. The largest absolute Gasteiger partial charge is 0.433 e. The number of methoxy groups -OCH3 is 1. The van der Waals surface area contributed by atoms with Gasteiger partial charge in [-0.2, -0.15) is 13.2 Å². The van der Waals surface area contributed by atoms with Gasteiger partial charge in [0.05, 0.1) is 18.8 Å². The van der Waals surface area contributed by atoms with Gasteiger partial charge in [-0.15, -0.1) is 0 Å². The number of fused-ring (bicyclic) bond motifs is 4. The van der Waals surface area contributed by atoms with Crippen LogP contribution < -0.4 is 5.32 Å². The molecule has 1 N–H and O–H groups in total. The molecule has 0 saturated heterocycles. The normalized spacial score (nSPS) is 22.3. The summed E-state index contributed by atoms with van der Waals surface area (Å²) in [5.74, 6) is -0.166. The Morgan fingerprint density at radius 1 is 1.25 bits per heavy atom. The maximum Gasteiger partial charge on any atom is 0.433 e. The second kappa shape index (κ2) is 6.70. The Morgan fingerprint density at radius 3 is 2.79 bits per heavy atom. The average Bonchev–Trinajstić information content (AvgIpc) is 3.06. The number of hydrogen-bond acceptors (Lipinski definition) is 4. The smallest absolute Gasteiger partial charge is 0.383 e. The summed E-state index contributed by atoms with van der Waals surface area (Å²) >= 11 is 0. The Morgan fingerprint density at radius 2 is 2.04 bits per heavy atom. The molecule has 0 radical (unpaired) electrons. The Kier molecular flexibility index (Phi) is 4.45. The van der Waals surface area contributed by atoms with Gasteiger partial charge in [-0.25, -0.2) is 4.98 Å². The number of ether oxygens (including phenoxy) is 1. The number of nitrogens with zero attached hydrogens (tertiary/aromatic N) is 2. The number of nitrogens with one attached hydrogen (secondary N) is 1. The molecule has 1 spiro atoms. The molecule has 146 valence electrons. The van der Waals surface area contributed by atoms with Crippen LogP contribution >= 0.6 is 0 Å². The molecule has 5 nitrogen and oxygen atoms in total. The van der Waals surface area contributed by atoms with E-state index >= 15 is 0 Å². The number of aryl methyl sites for hydroxylation is 1. The van der Waals surface area contributed by atoms with Crippen LogP contribution in [-0.4, -0.2) is 37.0 Å². The molecule has 1 aromatic heterocycles. The lowest BCUT2D eigenvalue weighted by molar-refractivity contribution is -0.141. The minimum absolute atomic E-state index is 0.118. The number of aliphatic imine (C=N–C) groups is 1. The third-order valence-electron chi connectivity index (χ3n) is 5.28. The highest BCUT2D eigenvalue weighted by atomic mass is 19.4. The first-order valence-corrected chi connectivity index (χ1v) is 8.90. The lowest BCUT2D eigenvalue weighted by Crippen LogP contribution is -2.53. The lowest BCUT2D eigenvalue weighted by atomic mass is 9.73. The van der Waals surface area contributed by atoms with Gasteiger partial charge in [0.1, 0.15) is 16.9 Å². The fraction of sp³-hybridized carbons (Fsp3) is 0.350. The molecule has 1 aliphatic carbocycles. The summed E-state index contributed by atoms with van der Waals surface area (Å²) in [5, 5.41) is 2.80. The second-order valence-corrected chi connectivity index (χ2v) is 6.83. The standard InChI is InChI=1S/C20H18F3N3O2/c1-28-11-10-24-17-13-6-7-15(20(21,22)23)25-16(13)19(18(27)26-17)9-8-12-4-2-3-5-14(12)19/h2-7H,8-11H2,1H3,(H,24,26,27). The quantitative estimate of drug-likeness (QED) is 0.822. The zero-order valence-electron chi connectivity index (χ0n) is 15.1. The SMILES string of the molecule is COCCN=C1NC(=O)C2(CCc3ccccc32)c2nc(C(F)(F)F)ccc21. The maximum absolute atomic E-state index is 13.4. The van der Waals surface area contributed by atoms with E-state index in [2.05, 4.69) is 15.3 Å². The van der Waals surface area contributed by atoms with Crippen LogP contribution in [0.25, 0.3) is 0 Å². The van der Waals surface area contributed by atoms with E-state index < -0.39 is 23.2 Å². The first kappa shape index (κ1) is 18.6. The van der Waals surface area contributed by atoms with E-state index in [9.17, 15) is 18.0 Å². The monoisotopic (exact) mass is 389 g/mol. The van der Waals surface area contributed by atoms with Crippen molar-refractivity contribution in [3.63, 3.8) is 0 Å². The number of halogens is 3. The molecule has 8 heteroatoms. The van der Waals surface area contributed by atoms with Crippen LogP contribution in [0.15, 0.2) is 41.4 Å². The van der Waals surface area contributed by atoms with E-state index in [0.717, 1.165) is 11.6 Å². The zero-order valence-corrected chi connectivity index (χ0v) is 15.1. The van der Waals surface area contributed by atoms with Crippen LogP contribution in [0, 0.1) is 0 Å². The topological polar surface area (TPSA) is 63.6 Å². The minimum Gasteiger partial charge on any atom is -0.383 e. The van der Waals surface area contributed by atoms with Crippen LogP contribution in [0.1, 0.15) is 34.5 Å². The van der Waals surface area contributed by atoms with Crippen molar-refractivity contribution < 1.29 is 22.7 Å². The van der Waals surface area contributed by atoms with Gasteiger partial charge in [0.2, 0.25) is 5.91 Å². The van der Waals surface area contributed by atoms with E-state index in [1.165, 1.54) is 13.2 Å². The fourth-order valence-electron chi connectivity index (χ4n) is 3.99. The van der Waals surface area contributed by atoms with E-state index in [1.54, 1.807) is 12.1 Å². The molecule has 2 heterocycles. The Hall–Kier alpha value is -2.74. The van der Waals surface area contributed by atoms with Gasteiger partial charge in [-0.3, -0.25) is 9.79 Å². The number of amidine groups is 1. The van der Waals surface area contributed by atoms with Crippen molar-refractivity contribution in [1.82, 2.24) is 10.3 Å². The minimum atomic E-state index is -4.60. The Balaban J connectivity index is 1.94. The third kappa shape index (κ3) is 2.79. The molecule has 0 saturated carbocycles. The van der Waals surface area contributed by atoms with Gasteiger partial charge in [0.15, 0.2) is 0 Å². The van der Waals surface area contributed by atoms with Gasteiger partial charge in [-0.1, -0.05) is 24.3 Å². The summed E-state index contributed by atoms with van der Waals surface area (Å²) in [6, 6.07) is 9.61. The fourth-order valence-corrected chi connectivity index (χ4v) is 3.99. The number of alkyl halides is 3. The van der Waals surface area contributed by atoms with E-state index in [4.69, 9.17) is 4.74 Å². The van der Waals surface area contributed by atoms with Crippen molar-refractivity contribution >= 4 is 11.7 Å². The molecule has 1 aliphatic heterocycles. The molecule has 2 aliphatic rings. The highest BCUT2D eigenvalue weighted by Crippen LogP contribution is 2.47. The second-order valence-electron chi connectivity index (χ2n) is 6.83. The summed E-state index contributed by atoms with van der Waals surface area (Å²) in [6.07, 6.45) is -3.64. The molecule has 28 heavy (non-hydrogen) atoms. The van der Waals surface area contributed by atoms with Crippen LogP contribution in [0.4, 0.5) is 13.2 Å². The van der Waals surface area contributed by atoms with Gasteiger partial charge in [0.25, 0.3) is 0 Å². The van der Waals surface area contributed by atoms with Crippen molar-refractivity contribution in [2.24, 2.45) is 4.99 Å². The molecule has 1 unspecified atom stereocenters. The number of hydrogen-bond donors (Lipinski definition) is 1. The lowest BCUT2D eigenvalue weighted by Gasteiger charge is -2.35. The molecular weight excluding hydrogens is 371 g/mol. The number of rotatable bonds is 3. The van der Waals surface area contributed by atoms with Crippen molar-refractivity contribution in [3.05, 3.63) is 64.5 Å². The summed E-state index contributed by atoms with van der Waals surface area (Å²) in [5.41, 5.74) is -0.0689. The first-order chi connectivity index (χ1) is 13.4. The highest BCUT2D eigenvalue weighted by Gasteiger charge is 2.53. The maximum atomic E-state index is 13.4. The summed E-state index contributed by atoms with van der Waals surface area (Å²) in [6.45, 7) is 0.604. The summed E-state index contributed by atoms with van der Waals surface area (Å²) in [4.78, 5) is 21.5. The number of aromatic nitrogens is 1. The molecule has 1 amide bonds. The van der Waals surface area contributed by atoms with Gasteiger partial charge < -0.3 is 10.1 Å².